The van der Waals surface area contributed by atoms with Gasteiger partial charge in [-0.1, -0.05) is 12.1 Å². The summed E-state index contributed by atoms with van der Waals surface area (Å²) in [6.07, 6.45) is -0.244. The van der Waals surface area contributed by atoms with Gasteiger partial charge in [0.25, 0.3) is 5.91 Å². The van der Waals surface area contributed by atoms with E-state index in [1.165, 1.54) is 16.2 Å². The van der Waals surface area contributed by atoms with Crippen LogP contribution in [0, 0.1) is 0 Å². The number of anilines is 1. The van der Waals surface area contributed by atoms with Crippen molar-refractivity contribution in [1.29, 1.82) is 0 Å². The van der Waals surface area contributed by atoms with E-state index in [0.29, 0.717) is 17.8 Å². The smallest absolute Gasteiger partial charge is 0.410 e. The molecule has 7 nitrogen and oxygen atoms in total. The van der Waals surface area contributed by atoms with Gasteiger partial charge in [0.2, 0.25) is 5.91 Å². The SMILES string of the molecule is CN(Cc1cccc(NC(=O)CCNC(=O)c2ccsc2)c1)C(=O)OC(C)(C)C. The van der Waals surface area contributed by atoms with Gasteiger partial charge < -0.3 is 20.3 Å². The molecule has 0 aliphatic carbocycles. The zero-order valence-corrected chi connectivity index (χ0v) is 18.0. The van der Waals surface area contributed by atoms with Crippen molar-refractivity contribution in [2.75, 3.05) is 18.9 Å². The van der Waals surface area contributed by atoms with Crippen LogP contribution in [0.3, 0.4) is 0 Å². The van der Waals surface area contributed by atoms with Gasteiger partial charge in [0.05, 0.1) is 0 Å². The number of nitrogens with zero attached hydrogens (tertiary/aromatic N) is 1. The van der Waals surface area contributed by atoms with E-state index >= 15 is 0 Å². The van der Waals surface area contributed by atoms with Crippen LogP contribution < -0.4 is 10.6 Å². The summed E-state index contributed by atoms with van der Waals surface area (Å²) in [4.78, 5) is 37.6. The monoisotopic (exact) mass is 417 g/mol. The number of carbonyl (C=O) groups is 3. The van der Waals surface area contributed by atoms with Crippen molar-refractivity contribution in [2.24, 2.45) is 0 Å². The molecule has 3 amide bonds. The van der Waals surface area contributed by atoms with Crippen molar-refractivity contribution in [1.82, 2.24) is 10.2 Å². The predicted octanol–water partition coefficient (Wildman–Crippen LogP) is 3.87. The summed E-state index contributed by atoms with van der Waals surface area (Å²) in [5, 5.41) is 9.12. The summed E-state index contributed by atoms with van der Waals surface area (Å²) >= 11 is 1.45. The van der Waals surface area contributed by atoms with Gasteiger partial charge >= 0.3 is 6.09 Å². The number of ether oxygens (including phenoxy) is 1. The Kier molecular flexibility index (Phi) is 7.78. The Balaban J connectivity index is 1.81. The van der Waals surface area contributed by atoms with Crippen LogP contribution >= 0.6 is 11.3 Å². The molecular weight excluding hydrogens is 390 g/mol. The number of benzene rings is 1. The van der Waals surface area contributed by atoms with Crippen LogP contribution in [0.2, 0.25) is 0 Å². The van der Waals surface area contributed by atoms with Gasteiger partial charge in [0.15, 0.2) is 0 Å². The zero-order chi connectivity index (χ0) is 21.4. The lowest BCUT2D eigenvalue weighted by molar-refractivity contribution is -0.116. The summed E-state index contributed by atoms with van der Waals surface area (Å²) in [6.45, 7) is 6.06. The van der Waals surface area contributed by atoms with Crippen molar-refractivity contribution in [3.8, 4) is 0 Å². The van der Waals surface area contributed by atoms with Crippen LogP contribution in [0.5, 0.6) is 0 Å². The molecule has 0 radical (unpaired) electrons. The fourth-order valence-corrected chi connectivity index (χ4v) is 3.07. The third-order valence-corrected chi connectivity index (χ3v) is 4.44. The highest BCUT2D eigenvalue weighted by molar-refractivity contribution is 7.08. The van der Waals surface area contributed by atoms with Gasteiger partial charge in [-0.3, -0.25) is 9.59 Å². The third-order valence-electron chi connectivity index (χ3n) is 3.76. The molecule has 0 aliphatic heterocycles. The Bertz CT molecular complexity index is 844. The van der Waals surface area contributed by atoms with E-state index in [1.807, 2.05) is 44.4 Å². The van der Waals surface area contributed by atoms with E-state index in [9.17, 15) is 14.4 Å². The maximum atomic E-state index is 12.1. The molecule has 156 valence electrons. The molecule has 0 unspecified atom stereocenters. The van der Waals surface area contributed by atoms with Crippen LogP contribution in [-0.2, 0) is 16.1 Å². The molecular formula is C21H27N3O4S. The molecule has 2 N–H and O–H groups in total. The lowest BCUT2D eigenvalue weighted by Crippen LogP contribution is -2.33. The van der Waals surface area contributed by atoms with Gasteiger partial charge in [-0.25, -0.2) is 4.79 Å². The molecule has 0 saturated heterocycles. The number of thiophene rings is 1. The molecule has 1 aromatic carbocycles. The Hall–Kier alpha value is -2.87. The van der Waals surface area contributed by atoms with E-state index in [-0.39, 0.29) is 24.8 Å². The molecule has 1 aromatic heterocycles. The van der Waals surface area contributed by atoms with Crippen molar-refractivity contribution in [3.05, 3.63) is 52.2 Å². The molecule has 0 spiro atoms. The summed E-state index contributed by atoms with van der Waals surface area (Å²) in [6, 6.07) is 9.01. The van der Waals surface area contributed by atoms with Gasteiger partial charge in [0.1, 0.15) is 5.60 Å². The number of hydrogen-bond acceptors (Lipinski definition) is 5. The predicted molar refractivity (Wildman–Crippen MR) is 114 cm³/mol. The van der Waals surface area contributed by atoms with Crippen LogP contribution in [0.15, 0.2) is 41.1 Å². The summed E-state index contributed by atoms with van der Waals surface area (Å²) in [5.74, 6) is -0.389. The minimum atomic E-state index is -0.556. The Morgan fingerprint density at radius 2 is 1.93 bits per heavy atom. The highest BCUT2D eigenvalue weighted by Crippen LogP contribution is 2.15. The van der Waals surface area contributed by atoms with Crippen LogP contribution in [0.25, 0.3) is 0 Å². The normalized spacial score (nSPS) is 10.9. The highest BCUT2D eigenvalue weighted by atomic mass is 32.1. The molecule has 0 aliphatic rings. The topological polar surface area (TPSA) is 87.7 Å². The average molecular weight is 418 g/mol. The van der Waals surface area contributed by atoms with Crippen molar-refractivity contribution >= 4 is 34.9 Å². The van der Waals surface area contributed by atoms with E-state index < -0.39 is 11.7 Å². The summed E-state index contributed by atoms with van der Waals surface area (Å²) < 4.78 is 5.34. The van der Waals surface area contributed by atoms with Gasteiger partial charge in [0, 0.05) is 43.2 Å². The van der Waals surface area contributed by atoms with Gasteiger partial charge in [-0.2, -0.15) is 11.3 Å². The Morgan fingerprint density at radius 3 is 2.59 bits per heavy atom. The maximum Gasteiger partial charge on any atom is 0.410 e. The maximum absolute atomic E-state index is 12.1. The number of hydrogen-bond donors (Lipinski definition) is 2. The Morgan fingerprint density at radius 1 is 1.17 bits per heavy atom. The molecule has 29 heavy (non-hydrogen) atoms. The first kappa shape index (κ1) is 22.4. The number of nitrogens with one attached hydrogen (secondary N) is 2. The van der Waals surface area contributed by atoms with Gasteiger partial charge in [-0.15, -0.1) is 0 Å². The van der Waals surface area contributed by atoms with Gasteiger partial charge in [-0.05, 0) is 49.9 Å². The molecule has 1 heterocycles. The fourth-order valence-electron chi connectivity index (χ4n) is 2.43. The zero-order valence-electron chi connectivity index (χ0n) is 17.2. The minimum Gasteiger partial charge on any atom is -0.444 e. The quantitative estimate of drug-likeness (QED) is 0.716. The largest absolute Gasteiger partial charge is 0.444 e. The third kappa shape index (κ3) is 7.95. The molecule has 2 rings (SSSR count). The number of carbonyl (C=O) groups excluding carboxylic acids is 3. The minimum absolute atomic E-state index is 0.165. The summed E-state index contributed by atoms with van der Waals surface area (Å²) in [5.41, 5.74) is 1.54. The lowest BCUT2D eigenvalue weighted by atomic mass is 10.2. The van der Waals surface area contributed by atoms with Crippen LogP contribution in [0.1, 0.15) is 43.1 Å². The fraction of sp³-hybridized carbons (Fsp3) is 0.381. The lowest BCUT2D eigenvalue weighted by Gasteiger charge is -2.24. The van der Waals surface area contributed by atoms with Crippen LogP contribution in [-0.4, -0.2) is 42.0 Å². The second-order valence-electron chi connectivity index (χ2n) is 7.60. The first-order valence-corrected chi connectivity index (χ1v) is 10.2. The second kappa shape index (κ2) is 10.1. The van der Waals surface area contributed by atoms with E-state index in [2.05, 4.69) is 10.6 Å². The van der Waals surface area contributed by atoms with Crippen LogP contribution in [0.4, 0.5) is 10.5 Å². The first-order valence-electron chi connectivity index (χ1n) is 9.27. The van der Waals surface area contributed by atoms with Crippen molar-refractivity contribution in [2.45, 2.75) is 39.3 Å². The molecule has 0 saturated carbocycles. The number of rotatable bonds is 7. The molecule has 0 atom stereocenters. The summed E-state index contributed by atoms with van der Waals surface area (Å²) in [7, 11) is 1.66. The number of amides is 3. The standard InChI is InChI=1S/C21H27N3O4S/c1-21(2,3)28-20(27)24(4)13-15-6-5-7-17(12-15)23-18(25)8-10-22-19(26)16-9-11-29-14-16/h5-7,9,11-12,14H,8,10,13H2,1-4H3,(H,22,26)(H,23,25). The van der Waals surface area contributed by atoms with Crippen molar-refractivity contribution in [3.63, 3.8) is 0 Å². The molecule has 8 heteroatoms. The Labute approximate surface area is 175 Å². The molecule has 0 bridgehead atoms. The molecule has 0 fully saturated rings. The van der Waals surface area contributed by atoms with Crippen molar-refractivity contribution < 1.29 is 19.1 Å². The average Bonchev–Trinajstić information content (AvgIpc) is 3.15. The van der Waals surface area contributed by atoms with E-state index in [1.54, 1.807) is 24.6 Å². The second-order valence-corrected chi connectivity index (χ2v) is 8.38. The van der Waals surface area contributed by atoms with E-state index in [4.69, 9.17) is 4.74 Å². The van der Waals surface area contributed by atoms with E-state index in [0.717, 1.165) is 5.56 Å². The highest BCUT2D eigenvalue weighted by Gasteiger charge is 2.19. The molecule has 2 aromatic rings. The first-order chi connectivity index (χ1) is 13.6.